The van der Waals surface area contributed by atoms with Crippen LogP contribution in [0.4, 0.5) is 0 Å². The molecule has 1 aliphatic heterocycles. The second-order valence-electron chi connectivity index (χ2n) is 5.22. The number of rotatable bonds is 4. The van der Waals surface area contributed by atoms with Crippen molar-refractivity contribution in [2.45, 2.75) is 13.3 Å². The number of aryl methyl sites for hydroxylation is 1. The second kappa shape index (κ2) is 6.41. The molecule has 1 fully saturated rings. The van der Waals surface area contributed by atoms with Gasteiger partial charge < -0.3 is 9.32 Å². The maximum atomic E-state index is 12.2. The predicted molar refractivity (Wildman–Crippen MR) is 81.6 cm³/mol. The predicted octanol–water partition coefficient (Wildman–Crippen LogP) is 2.05. The largest absolute Gasteiger partial charge is 0.459 e. The molecular formula is C15H19N3O2S. The van der Waals surface area contributed by atoms with Crippen LogP contribution in [0.2, 0.25) is 0 Å². The molecule has 0 N–H and O–H groups in total. The lowest BCUT2D eigenvalue weighted by Crippen LogP contribution is -2.49. The van der Waals surface area contributed by atoms with Gasteiger partial charge in [0.25, 0.3) is 5.91 Å². The van der Waals surface area contributed by atoms with Gasteiger partial charge in [0.1, 0.15) is 0 Å². The Bertz CT molecular complexity index is 586. The van der Waals surface area contributed by atoms with E-state index in [1.807, 2.05) is 11.8 Å². The van der Waals surface area contributed by atoms with E-state index in [1.54, 1.807) is 29.7 Å². The molecule has 1 amide bonds. The van der Waals surface area contributed by atoms with Crippen LogP contribution in [0, 0.1) is 6.92 Å². The molecular weight excluding hydrogens is 286 g/mol. The number of piperazine rings is 1. The zero-order valence-corrected chi connectivity index (χ0v) is 12.9. The highest BCUT2D eigenvalue weighted by atomic mass is 32.1. The molecule has 0 aromatic carbocycles. The van der Waals surface area contributed by atoms with Gasteiger partial charge in [0, 0.05) is 44.5 Å². The van der Waals surface area contributed by atoms with E-state index in [9.17, 15) is 4.79 Å². The fraction of sp³-hybridized carbons (Fsp3) is 0.467. The molecule has 0 unspecified atom stereocenters. The normalized spacial score (nSPS) is 16.3. The van der Waals surface area contributed by atoms with Gasteiger partial charge in [-0.2, -0.15) is 0 Å². The maximum absolute atomic E-state index is 12.2. The summed E-state index contributed by atoms with van der Waals surface area (Å²) < 4.78 is 5.17. The number of amides is 1. The average Bonchev–Trinajstić information content (AvgIpc) is 3.16. The maximum Gasteiger partial charge on any atom is 0.289 e. The molecule has 0 spiro atoms. The van der Waals surface area contributed by atoms with Crippen LogP contribution in [-0.4, -0.2) is 53.4 Å². The van der Waals surface area contributed by atoms with Gasteiger partial charge in [-0.1, -0.05) is 0 Å². The van der Waals surface area contributed by atoms with Crippen molar-refractivity contribution in [2.75, 3.05) is 32.7 Å². The van der Waals surface area contributed by atoms with Gasteiger partial charge in [-0.3, -0.25) is 9.69 Å². The molecule has 3 rings (SSSR count). The van der Waals surface area contributed by atoms with Crippen LogP contribution in [0.5, 0.6) is 0 Å². The monoisotopic (exact) mass is 305 g/mol. The van der Waals surface area contributed by atoms with Gasteiger partial charge in [-0.25, -0.2) is 4.98 Å². The van der Waals surface area contributed by atoms with Crippen molar-refractivity contribution < 1.29 is 9.21 Å². The van der Waals surface area contributed by atoms with Crippen LogP contribution >= 0.6 is 11.3 Å². The summed E-state index contributed by atoms with van der Waals surface area (Å²) in [6.07, 6.45) is 2.52. The Balaban J connectivity index is 1.45. The minimum atomic E-state index is -0.00484. The first-order valence-corrected chi connectivity index (χ1v) is 8.06. The summed E-state index contributed by atoms with van der Waals surface area (Å²) in [7, 11) is 0. The Hall–Kier alpha value is -1.66. The van der Waals surface area contributed by atoms with E-state index in [0.29, 0.717) is 5.76 Å². The number of carbonyl (C=O) groups excluding carboxylic acids is 1. The third-order valence-corrected chi connectivity index (χ3v) is 4.56. The minimum absolute atomic E-state index is 0.00484. The lowest BCUT2D eigenvalue weighted by molar-refractivity contribution is 0.0607. The molecule has 0 atom stereocenters. The van der Waals surface area contributed by atoms with Gasteiger partial charge in [-0.05, 0) is 19.1 Å². The molecule has 2 aromatic rings. The van der Waals surface area contributed by atoms with Crippen LogP contribution in [0.1, 0.15) is 21.3 Å². The molecule has 5 nitrogen and oxygen atoms in total. The Morgan fingerprint density at radius 1 is 1.38 bits per heavy atom. The standard InChI is InChI=1S/C15H19N3O2S/c1-12-16-13(11-21-12)4-5-17-6-8-18(9-7-17)15(19)14-3-2-10-20-14/h2-3,10-11H,4-9H2,1H3. The lowest BCUT2D eigenvalue weighted by atomic mass is 10.2. The van der Waals surface area contributed by atoms with Gasteiger partial charge in [0.15, 0.2) is 5.76 Å². The summed E-state index contributed by atoms with van der Waals surface area (Å²) in [6.45, 7) is 6.38. The first-order chi connectivity index (χ1) is 10.2. The molecule has 6 heteroatoms. The van der Waals surface area contributed by atoms with Crippen LogP contribution in [0.3, 0.4) is 0 Å². The fourth-order valence-electron chi connectivity index (χ4n) is 2.53. The molecule has 2 aromatic heterocycles. The SMILES string of the molecule is Cc1nc(CCN2CCN(C(=O)c3ccco3)CC2)cs1. The van der Waals surface area contributed by atoms with Gasteiger partial charge in [-0.15, -0.1) is 11.3 Å². The average molecular weight is 305 g/mol. The summed E-state index contributed by atoms with van der Waals surface area (Å²) in [5.74, 6) is 0.427. The number of aromatic nitrogens is 1. The number of carbonyl (C=O) groups is 1. The topological polar surface area (TPSA) is 49.6 Å². The third-order valence-electron chi connectivity index (χ3n) is 3.74. The van der Waals surface area contributed by atoms with E-state index in [2.05, 4.69) is 15.3 Å². The van der Waals surface area contributed by atoms with Crippen molar-refractivity contribution in [3.8, 4) is 0 Å². The third kappa shape index (κ3) is 3.51. The number of thiazole rings is 1. The van der Waals surface area contributed by atoms with Crippen LogP contribution in [-0.2, 0) is 6.42 Å². The molecule has 0 aliphatic carbocycles. The first-order valence-electron chi connectivity index (χ1n) is 7.18. The summed E-state index contributed by atoms with van der Waals surface area (Å²) in [4.78, 5) is 20.9. The molecule has 0 radical (unpaired) electrons. The molecule has 112 valence electrons. The Kier molecular flexibility index (Phi) is 4.36. The Morgan fingerprint density at radius 3 is 2.81 bits per heavy atom. The molecule has 1 aliphatic rings. The highest BCUT2D eigenvalue weighted by Crippen LogP contribution is 2.12. The van der Waals surface area contributed by atoms with E-state index >= 15 is 0 Å². The van der Waals surface area contributed by atoms with Gasteiger partial charge in [0.2, 0.25) is 0 Å². The number of nitrogens with zero attached hydrogens (tertiary/aromatic N) is 3. The van der Waals surface area contributed by atoms with E-state index in [1.165, 1.54) is 5.69 Å². The summed E-state index contributed by atoms with van der Waals surface area (Å²) in [5.41, 5.74) is 1.17. The summed E-state index contributed by atoms with van der Waals surface area (Å²) >= 11 is 1.70. The quantitative estimate of drug-likeness (QED) is 0.867. The second-order valence-corrected chi connectivity index (χ2v) is 6.28. The smallest absolute Gasteiger partial charge is 0.289 e. The highest BCUT2D eigenvalue weighted by molar-refractivity contribution is 7.09. The van der Waals surface area contributed by atoms with Crippen LogP contribution in [0.25, 0.3) is 0 Å². The zero-order valence-electron chi connectivity index (χ0n) is 12.1. The molecule has 0 saturated carbocycles. The minimum Gasteiger partial charge on any atom is -0.459 e. The van der Waals surface area contributed by atoms with E-state index in [0.717, 1.165) is 44.2 Å². The van der Waals surface area contributed by atoms with Crippen molar-refractivity contribution in [2.24, 2.45) is 0 Å². The Labute approximate surface area is 128 Å². The van der Waals surface area contributed by atoms with Crippen molar-refractivity contribution in [1.82, 2.24) is 14.8 Å². The van der Waals surface area contributed by atoms with Gasteiger partial charge >= 0.3 is 0 Å². The Morgan fingerprint density at radius 2 is 2.19 bits per heavy atom. The number of furan rings is 1. The van der Waals surface area contributed by atoms with Crippen molar-refractivity contribution in [3.63, 3.8) is 0 Å². The molecule has 21 heavy (non-hydrogen) atoms. The van der Waals surface area contributed by atoms with Crippen LogP contribution < -0.4 is 0 Å². The van der Waals surface area contributed by atoms with Crippen molar-refractivity contribution in [3.05, 3.63) is 40.2 Å². The van der Waals surface area contributed by atoms with E-state index in [-0.39, 0.29) is 5.91 Å². The number of hydrogen-bond acceptors (Lipinski definition) is 5. The van der Waals surface area contributed by atoms with Gasteiger partial charge in [0.05, 0.1) is 17.0 Å². The van der Waals surface area contributed by atoms with E-state index < -0.39 is 0 Å². The fourth-order valence-corrected chi connectivity index (χ4v) is 3.17. The molecule has 0 bridgehead atoms. The van der Waals surface area contributed by atoms with Crippen molar-refractivity contribution >= 4 is 17.2 Å². The highest BCUT2D eigenvalue weighted by Gasteiger charge is 2.23. The molecule has 3 heterocycles. The molecule has 1 saturated heterocycles. The lowest BCUT2D eigenvalue weighted by Gasteiger charge is -2.34. The van der Waals surface area contributed by atoms with E-state index in [4.69, 9.17) is 4.42 Å². The number of hydrogen-bond donors (Lipinski definition) is 0. The van der Waals surface area contributed by atoms with Crippen molar-refractivity contribution in [1.29, 1.82) is 0 Å². The summed E-state index contributed by atoms with van der Waals surface area (Å²) in [6, 6.07) is 3.47. The summed E-state index contributed by atoms with van der Waals surface area (Å²) in [5, 5.41) is 3.25. The first kappa shape index (κ1) is 14.3. The van der Waals surface area contributed by atoms with Crippen LogP contribution in [0.15, 0.2) is 28.2 Å². The zero-order chi connectivity index (χ0) is 14.7.